The summed E-state index contributed by atoms with van der Waals surface area (Å²) in [5.41, 5.74) is 0. The van der Waals surface area contributed by atoms with E-state index in [2.05, 4.69) is 34.4 Å². The molecule has 19 heavy (non-hydrogen) atoms. The van der Waals surface area contributed by atoms with Gasteiger partial charge in [-0.15, -0.1) is 5.10 Å². The predicted octanol–water partition coefficient (Wildman–Crippen LogP) is 0.367. The summed E-state index contributed by atoms with van der Waals surface area (Å²) in [5, 5.41) is 11.2. The largest absolute Gasteiger partial charge is 0.374 e. The molecule has 2 heterocycles. The average Bonchev–Trinajstić information content (AvgIpc) is 2.92. The minimum absolute atomic E-state index is 0.322. The zero-order chi connectivity index (χ0) is 13.5. The zero-order valence-electron chi connectivity index (χ0n) is 12.0. The Balaban J connectivity index is 1.55. The SMILES string of the molecule is CC(C)N1CCOC(CNCCCn2ccnn2)C1. The van der Waals surface area contributed by atoms with Crippen molar-refractivity contribution in [1.82, 2.24) is 25.2 Å². The molecule has 0 radical (unpaired) electrons. The lowest BCUT2D eigenvalue weighted by Crippen LogP contribution is -2.49. The second kappa shape index (κ2) is 7.57. The van der Waals surface area contributed by atoms with Gasteiger partial charge in [-0.05, 0) is 26.8 Å². The van der Waals surface area contributed by atoms with Gasteiger partial charge in [0.25, 0.3) is 0 Å². The molecule has 1 N–H and O–H groups in total. The van der Waals surface area contributed by atoms with Crippen molar-refractivity contribution in [1.29, 1.82) is 0 Å². The van der Waals surface area contributed by atoms with Gasteiger partial charge in [-0.3, -0.25) is 9.58 Å². The third kappa shape index (κ3) is 4.89. The van der Waals surface area contributed by atoms with Gasteiger partial charge in [-0.1, -0.05) is 5.21 Å². The Kier molecular flexibility index (Phi) is 5.75. The van der Waals surface area contributed by atoms with E-state index in [4.69, 9.17) is 4.74 Å². The highest BCUT2D eigenvalue weighted by Gasteiger charge is 2.21. The number of nitrogens with zero attached hydrogens (tertiary/aromatic N) is 4. The summed E-state index contributed by atoms with van der Waals surface area (Å²) in [6.07, 6.45) is 4.99. The molecule has 6 heteroatoms. The van der Waals surface area contributed by atoms with Crippen LogP contribution in [0.2, 0.25) is 0 Å². The fourth-order valence-corrected chi connectivity index (χ4v) is 2.32. The molecule has 1 aliphatic heterocycles. The van der Waals surface area contributed by atoms with Gasteiger partial charge in [-0.25, -0.2) is 0 Å². The number of ether oxygens (including phenoxy) is 1. The number of hydrogen-bond donors (Lipinski definition) is 1. The molecule has 0 aromatic carbocycles. The molecular formula is C13H25N5O. The number of nitrogens with one attached hydrogen (secondary N) is 1. The molecule has 1 aromatic rings. The lowest BCUT2D eigenvalue weighted by atomic mass is 10.2. The van der Waals surface area contributed by atoms with Gasteiger partial charge < -0.3 is 10.1 Å². The highest BCUT2D eigenvalue weighted by molar-refractivity contribution is 4.75. The van der Waals surface area contributed by atoms with Crippen LogP contribution >= 0.6 is 0 Å². The number of morpholine rings is 1. The maximum Gasteiger partial charge on any atom is 0.0826 e. The van der Waals surface area contributed by atoms with Crippen LogP contribution in [0.25, 0.3) is 0 Å². The van der Waals surface area contributed by atoms with Crippen LogP contribution in [0, 0.1) is 0 Å². The summed E-state index contributed by atoms with van der Waals surface area (Å²) in [5.74, 6) is 0. The van der Waals surface area contributed by atoms with E-state index in [1.807, 2.05) is 10.9 Å². The molecule has 0 amide bonds. The van der Waals surface area contributed by atoms with E-state index < -0.39 is 0 Å². The average molecular weight is 267 g/mol. The molecule has 1 fully saturated rings. The van der Waals surface area contributed by atoms with E-state index in [1.54, 1.807) is 6.20 Å². The maximum atomic E-state index is 5.78. The maximum absolute atomic E-state index is 5.78. The first-order valence-corrected chi connectivity index (χ1v) is 7.16. The summed E-state index contributed by atoms with van der Waals surface area (Å²) in [6.45, 7) is 10.3. The first-order valence-electron chi connectivity index (χ1n) is 7.16. The zero-order valence-corrected chi connectivity index (χ0v) is 12.0. The van der Waals surface area contributed by atoms with E-state index in [9.17, 15) is 0 Å². The van der Waals surface area contributed by atoms with Crippen LogP contribution in [0.1, 0.15) is 20.3 Å². The van der Waals surface area contributed by atoms with Crippen molar-refractivity contribution >= 4 is 0 Å². The van der Waals surface area contributed by atoms with Gasteiger partial charge >= 0.3 is 0 Å². The Hall–Kier alpha value is -0.980. The second-order valence-corrected chi connectivity index (χ2v) is 5.31. The highest BCUT2D eigenvalue weighted by atomic mass is 16.5. The third-order valence-electron chi connectivity index (χ3n) is 3.49. The predicted molar refractivity (Wildman–Crippen MR) is 74.0 cm³/mol. The number of aryl methyl sites for hydroxylation is 1. The highest BCUT2D eigenvalue weighted by Crippen LogP contribution is 2.07. The lowest BCUT2D eigenvalue weighted by Gasteiger charge is -2.35. The van der Waals surface area contributed by atoms with Crippen LogP contribution in [0.5, 0.6) is 0 Å². The van der Waals surface area contributed by atoms with E-state index in [0.717, 1.165) is 45.8 Å². The minimum atomic E-state index is 0.322. The van der Waals surface area contributed by atoms with E-state index >= 15 is 0 Å². The number of aromatic nitrogens is 3. The fraction of sp³-hybridized carbons (Fsp3) is 0.846. The van der Waals surface area contributed by atoms with E-state index in [1.165, 1.54) is 0 Å². The molecule has 0 spiro atoms. The molecule has 108 valence electrons. The molecule has 2 rings (SSSR count). The van der Waals surface area contributed by atoms with Crippen molar-refractivity contribution in [2.45, 2.75) is 39.0 Å². The van der Waals surface area contributed by atoms with Gasteiger partial charge in [0, 0.05) is 38.4 Å². The summed E-state index contributed by atoms with van der Waals surface area (Å²) in [4.78, 5) is 2.48. The first kappa shape index (κ1) is 14.4. The molecule has 1 atom stereocenters. The van der Waals surface area contributed by atoms with Crippen molar-refractivity contribution in [3.63, 3.8) is 0 Å². The van der Waals surface area contributed by atoms with Crippen LogP contribution < -0.4 is 5.32 Å². The van der Waals surface area contributed by atoms with Gasteiger partial charge in [0.2, 0.25) is 0 Å². The van der Waals surface area contributed by atoms with Gasteiger partial charge in [0.15, 0.2) is 0 Å². The standard InChI is InChI=1S/C13H25N5O/c1-12(2)17-8-9-19-13(11-17)10-14-4-3-6-18-7-5-15-16-18/h5,7,12-14H,3-4,6,8-11H2,1-2H3. The monoisotopic (exact) mass is 267 g/mol. The topological polar surface area (TPSA) is 55.2 Å². The normalized spacial score (nSPS) is 21.1. The summed E-state index contributed by atoms with van der Waals surface area (Å²) in [6, 6.07) is 0.610. The van der Waals surface area contributed by atoms with Gasteiger partial charge in [0.1, 0.15) is 0 Å². The Morgan fingerprint density at radius 2 is 2.37 bits per heavy atom. The fourth-order valence-electron chi connectivity index (χ4n) is 2.32. The van der Waals surface area contributed by atoms with Crippen molar-refractivity contribution < 1.29 is 4.74 Å². The summed E-state index contributed by atoms with van der Waals surface area (Å²) >= 11 is 0. The molecular weight excluding hydrogens is 242 g/mol. The third-order valence-corrected chi connectivity index (χ3v) is 3.49. The van der Waals surface area contributed by atoms with Crippen LogP contribution in [0.4, 0.5) is 0 Å². The van der Waals surface area contributed by atoms with Crippen molar-refractivity contribution in [3.8, 4) is 0 Å². The van der Waals surface area contributed by atoms with Gasteiger partial charge in [0.05, 0.1) is 18.9 Å². The molecule has 1 aliphatic rings. The molecule has 6 nitrogen and oxygen atoms in total. The lowest BCUT2D eigenvalue weighted by molar-refractivity contribution is -0.0370. The van der Waals surface area contributed by atoms with E-state index in [0.29, 0.717) is 12.1 Å². The van der Waals surface area contributed by atoms with E-state index in [-0.39, 0.29) is 0 Å². The van der Waals surface area contributed by atoms with Crippen LogP contribution in [-0.2, 0) is 11.3 Å². The van der Waals surface area contributed by atoms with Crippen molar-refractivity contribution in [2.24, 2.45) is 0 Å². The quantitative estimate of drug-likeness (QED) is 0.723. The van der Waals surface area contributed by atoms with Crippen LogP contribution in [0.3, 0.4) is 0 Å². The Morgan fingerprint density at radius 3 is 3.11 bits per heavy atom. The number of rotatable bonds is 7. The molecule has 1 saturated heterocycles. The van der Waals surface area contributed by atoms with Crippen molar-refractivity contribution in [3.05, 3.63) is 12.4 Å². The van der Waals surface area contributed by atoms with Gasteiger partial charge in [-0.2, -0.15) is 0 Å². The Bertz CT molecular complexity index is 341. The minimum Gasteiger partial charge on any atom is -0.374 e. The molecule has 0 bridgehead atoms. The van der Waals surface area contributed by atoms with Crippen LogP contribution in [0.15, 0.2) is 12.4 Å². The number of hydrogen-bond acceptors (Lipinski definition) is 5. The Morgan fingerprint density at radius 1 is 1.47 bits per heavy atom. The molecule has 1 unspecified atom stereocenters. The molecule has 1 aromatic heterocycles. The molecule has 0 saturated carbocycles. The summed E-state index contributed by atoms with van der Waals surface area (Å²) in [7, 11) is 0. The van der Waals surface area contributed by atoms with Crippen molar-refractivity contribution in [2.75, 3.05) is 32.8 Å². The Labute approximate surface area is 115 Å². The summed E-state index contributed by atoms with van der Waals surface area (Å²) < 4.78 is 7.64. The second-order valence-electron chi connectivity index (χ2n) is 5.31. The first-order chi connectivity index (χ1) is 9.25. The smallest absolute Gasteiger partial charge is 0.0826 e. The molecule has 0 aliphatic carbocycles. The van der Waals surface area contributed by atoms with Crippen LogP contribution in [-0.4, -0.2) is 64.8 Å².